The summed E-state index contributed by atoms with van der Waals surface area (Å²) in [5.41, 5.74) is 0.638. The highest BCUT2D eigenvalue weighted by Gasteiger charge is 2.06. The van der Waals surface area contributed by atoms with Crippen molar-refractivity contribution >= 4 is 28.2 Å². The van der Waals surface area contributed by atoms with Crippen LogP contribution in [-0.4, -0.2) is 16.8 Å². The average Bonchev–Trinajstić information content (AvgIpc) is 2.28. The predicted molar refractivity (Wildman–Crippen MR) is 69.5 cm³/mol. The Bertz CT molecular complexity index is 619. The number of rotatable bonds is 3. The van der Waals surface area contributed by atoms with E-state index in [9.17, 15) is 14.7 Å². The molecule has 0 bridgehead atoms. The van der Waals surface area contributed by atoms with E-state index in [1.807, 2.05) is 0 Å². The van der Waals surface area contributed by atoms with E-state index >= 15 is 0 Å². The second-order valence-electron chi connectivity index (χ2n) is 4.17. The molecule has 0 aliphatic carbocycles. The lowest BCUT2D eigenvalue weighted by Gasteiger charge is -2.06. The molecule has 2 aromatic carbocycles. The highest BCUT2D eigenvalue weighted by Crippen LogP contribution is 2.23. The zero-order chi connectivity index (χ0) is 13.1. The number of Topliss-reactive ketones (excluding diaryl/α,β-unsaturated/α-hetero) is 1. The first kappa shape index (κ1) is 12.1. The molecule has 0 fully saturated rings. The summed E-state index contributed by atoms with van der Waals surface area (Å²) in [6, 6.07) is 10.3. The third-order valence-corrected chi connectivity index (χ3v) is 2.52. The van der Waals surface area contributed by atoms with E-state index in [4.69, 9.17) is 0 Å². The fourth-order valence-corrected chi connectivity index (χ4v) is 1.74. The Hall–Kier alpha value is -2.36. The number of ketones is 1. The third-order valence-electron chi connectivity index (χ3n) is 2.52. The van der Waals surface area contributed by atoms with Gasteiger partial charge in [-0.05, 0) is 42.0 Å². The van der Waals surface area contributed by atoms with E-state index < -0.39 is 0 Å². The molecule has 0 unspecified atom stereocenters. The molecule has 92 valence electrons. The highest BCUT2D eigenvalue weighted by molar-refractivity contribution is 6.04. The lowest BCUT2D eigenvalue weighted by atomic mass is 10.1. The Morgan fingerprint density at radius 1 is 1.11 bits per heavy atom. The second kappa shape index (κ2) is 4.87. The molecule has 0 heterocycles. The molecule has 4 heteroatoms. The van der Waals surface area contributed by atoms with Crippen molar-refractivity contribution < 1.29 is 14.7 Å². The van der Waals surface area contributed by atoms with Gasteiger partial charge in [0.25, 0.3) is 0 Å². The summed E-state index contributed by atoms with van der Waals surface area (Å²) in [4.78, 5) is 22.2. The summed E-state index contributed by atoms with van der Waals surface area (Å²) in [5.74, 6) is -0.283. The van der Waals surface area contributed by atoms with E-state index in [1.54, 1.807) is 36.4 Å². The van der Waals surface area contributed by atoms with Crippen molar-refractivity contribution in [1.82, 2.24) is 0 Å². The van der Waals surface area contributed by atoms with Gasteiger partial charge in [0.2, 0.25) is 5.91 Å². The maximum absolute atomic E-state index is 11.4. The van der Waals surface area contributed by atoms with Gasteiger partial charge >= 0.3 is 0 Å². The van der Waals surface area contributed by atoms with Crippen LogP contribution in [0.3, 0.4) is 0 Å². The van der Waals surface area contributed by atoms with E-state index in [0.29, 0.717) is 5.69 Å². The van der Waals surface area contributed by atoms with Crippen molar-refractivity contribution in [2.45, 2.75) is 13.3 Å². The fraction of sp³-hybridized carbons (Fsp3) is 0.143. The molecule has 18 heavy (non-hydrogen) atoms. The summed E-state index contributed by atoms with van der Waals surface area (Å²) < 4.78 is 0. The number of aromatic hydroxyl groups is 1. The smallest absolute Gasteiger partial charge is 0.231 e. The van der Waals surface area contributed by atoms with Crippen molar-refractivity contribution in [3.8, 4) is 5.75 Å². The van der Waals surface area contributed by atoms with Crippen molar-refractivity contribution in [2.75, 3.05) is 5.32 Å². The number of benzene rings is 2. The largest absolute Gasteiger partial charge is 0.508 e. The van der Waals surface area contributed by atoms with Gasteiger partial charge in [-0.1, -0.05) is 12.1 Å². The number of phenols is 1. The zero-order valence-corrected chi connectivity index (χ0v) is 9.93. The average molecular weight is 243 g/mol. The van der Waals surface area contributed by atoms with Gasteiger partial charge in [0.05, 0.1) is 6.42 Å². The SMILES string of the molecule is CC(=O)CC(=O)Nc1ccc2cc(O)ccc2c1. The monoisotopic (exact) mass is 243 g/mol. The van der Waals surface area contributed by atoms with Crippen LogP contribution in [0.4, 0.5) is 5.69 Å². The molecular formula is C14H13NO3. The summed E-state index contributed by atoms with van der Waals surface area (Å²) in [7, 11) is 0. The van der Waals surface area contributed by atoms with Gasteiger partial charge in [0.1, 0.15) is 11.5 Å². The predicted octanol–water partition coefficient (Wildman–Crippen LogP) is 2.46. The Labute approximate surface area is 104 Å². The molecule has 0 aliphatic heterocycles. The van der Waals surface area contributed by atoms with Crippen molar-refractivity contribution in [3.63, 3.8) is 0 Å². The first-order chi connectivity index (χ1) is 8.54. The Morgan fingerprint density at radius 2 is 1.78 bits per heavy atom. The third kappa shape index (κ3) is 2.85. The number of fused-ring (bicyclic) bond motifs is 1. The highest BCUT2D eigenvalue weighted by atomic mass is 16.3. The summed E-state index contributed by atoms with van der Waals surface area (Å²) in [6.45, 7) is 1.38. The van der Waals surface area contributed by atoms with Crippen molar-refractivity contribution in [1.29, 1.82) is 0 Å². The van der Waals surface area contributed by atoms with Crippen LogP contribution >= 0.6 is 0 Å². The van der Waals surface area contributed by atoms with Crippen LogP contribution in [0.25, 0.3) is 10.8 Å². The standard InChI is InChI=1S/C14H13NO3/c1-9(16)6-14(18)15-12-4-2-11-8-13(17)5-3-10(11)7-12/h2-5,7-8,17H,6H2,1H3,(H,15,18). The molecule has 1 amide bonds. The second-order valence-corrected chi connectivity index (χ2v) is 4.17. The molecule has 2 N–H and O–H groups in total. The van der Waals surface area contributed by atoms with Gasteiger partial charge in [0, 0.05) is 5.69 Å². The van der Waals surface area contributed by atoms with Crippen LogP contribution in [0, 0.1) is 0 Å². The molecule has 0 saturated heterocycles. The lowest BCUT2D eigenvalue weighted by Crippen LogP contribution is -2.14. The van der Waals surface area contributed by atoms with Crippen LogP contribution in [0.2, 0.25) is 0 Å². The molecule has 0 spiro atoms. The number of anilines is 1. The number of hydrogen-bond acceptors (Lipinski definition) is 3. The summed E-state index contributed by atoms with van der Waals surface area (Å²) in [5, 5.41) is 13.8. The fourth-order valence-electron chi connectivity index (χ4n) is 1.74. The molecule has 0 radical (unpaired) electrons. The number of carbonyl (C=O) groups excluding carboxylic acids is 2. The maximum Gasteiger partial charge on any atom is 0.231 e. The first-order valence-corrected chi connectivity index (χ1v) is 5.57. The molecule has 0 saturated carbocycles. The van der Waals surface area contributed by atoms with Crippen LogP contribution in [0.5, 0.6) is 5.75 Å². The van der Waals surface area contributed by atoms with Crippen molar-refractivity contribution in [3.05, 3.63) is 36.4 Å². The van der Waals surface area contributed by atoms with E-state index in [1.165, 1.54) is 6.92 Å². The zero-order valence-electron chi connectivity index (χ0n) is 9.93. The Kier molecular flexibility index (Phi) is 3.28. The van der Waals surface area contributed by atoms with Gasteiger partial charge in [-0.2, -0.15) is 0 Å². The molecule has 0 atom stereocenters. The van der Waals surface area contributed by atoms with Gasteiger partial charge in [-0.15, -0.1) is 0 Å². The lowest BCUT2D eigenvalue weighted by molar-refractivity contribution is -0.124. The minimum Gasteiger partial charge on any atom is -0.508 e. The molecule has 0 aromatic heterocycles. The minimum atomic E-state index is -0.319. The van der Waals surface area contributed by atoms with Gasteiger partial charge in [-0.3, -0.25) is 9.59 Å². The molecule has 0 aliphatic rings. The molecule has 4 nitrogen and oxygen atoms in total. The molecular weight excluding hydrogens is 230 g/mol. The minimum absolute atomic E-state index is 0.117. The van der Waals surface area contributed by atoms with Crippen LogP contribution in [0.15, 0.2) is 36.4 Å². The molecule has 2 aromatic rings. The van der Waals surface area contributed by atoms with Crippen LogP contribution < -0.4 is 5.32 Å². The number of hydrogen-bond donors (Lipinski definition) is 2. The van der Waals surface area contributed by atoms with Gasteiger partial charge in [-0.25, -0.2) is 0 Å². The first-order valence-electron chi connectivity index (χ1n) is 5.57. The van der Waals surface area contributed by atoms with E-state index in [0.717, 1.165) is 10.8 Å². The molecule has 2 rings (SSSR count). The van der Waals surface area contributed by atoms with Gasteiger partial charge < -0.3 is 10.4 Å². The maximum atomic E-state index is 11.4. The normalized spacial score (nSPS) is 10.3. The number of amides is 1. The summed E-state index contributed by atoms with van der Waals surface area (Å²) >= 11 is 0. The van der Waals surface area contributed by atoms with Crippen molar-refractivity contribution in [2.24, 2.45) is 0 Å². The number of phenolic OH excluding ortho intramolecular Hbond substituents is 1. The summed E-state index contributed by atoms with van der Waals surface area (Å²) in [6.07, 6.45) is -0.117. The Morgan fingerprint density at radius 3 is 2.50 bits per heavy atom. The van der Waals surface area contributed by atoms with Gasteiger partial charge in [0.15, 0.2) is 0 Å². The number of carbonyl (C=O) groups is 2. The van der Waals surface area contributed by atoms with E-state index in [2.05, 4.69) is 5.32 Å². The van der Waals surface area contributed by atoms with Crippen LogP contribution in [-0.2, 0) is 9.59 Å². The van der Waals surface area contributed by atoms with E-state index in [-0.39, 0.29) is 23.9 Å². The topological polar surface area (TPSA) is 66.4 Å². The van der Waals surface area contributed by atoms with Crippen LogP contribution in [0.1, 0.15) is 13.3 Å². The Balaban J connectivity index is 2.22. The quantitative estimate of drug-likeness (QED) is 0.814. The number of nitrogens with one attached hydrogen (secondary N) is 1.